The van der Waals surface area contributed by atoms with Crippen LogP contribution in [0.2, 0.25) is 0 Å². The van der Waals surface area contributed by atoms with Crippen LogP contribution in [0.3, 0.4) is 0 Å². The summed E-state index contributed by atoms with van der Waals surface area (Å²) in [6, 6.07) is 13.1. The second-order valence-corrected chi connectivity index (χ2v) is 10.4. The number of benzene rings is 1. The number of alkyl carbamates (subject to hydrolysis) is 1. The van der Waals surface area contributed by atoms with Gasteiger partial charge in [-0.25, -0.2) is 14.6 Å². The Kier molecular flexibility index (Phi) is 8.34. The highest BCUT2D eigenvalue weighted by molar-refractivity contribution is 5.91. The van der Waals surface area contributed by atoms with Gasteiger partial charge in [0.2, 0.25) is 5.88 Å². The van der Waals surface area contributed by atoms with Crippen molar-refractivity contribution in [2.24, 2.45) is 0 Å². The molecule has 1 aliphatic rings. The van der Waals surface area contributed by atoms with Crippen LogP contribution in [0.5, 0.6) is 11.6 Å². The number of rotatable bonds is 7. The van der Waals surface area contributed by atoms with Crippen LogP contribution in [0.1, 0.15) is 75.5 Å². The molecule has 1 N–H and O–H groups in total. The first-order chi connectivity index (χ1) is 18.1. The molecule has 1 saturated carbocycles. The molecule has 1 fully saturated rings. The zero-order valence-electron chi connectivity index (χ0n) is 22.7. The van der Waals surface area contributed by atoms with Gasteiger partial charge >= 0.3 is 12.1 Å². The Morgan fingerprint density at radius 3 is 2.37 bits per heavy atom. The molecular weight excluding hydrogens is 484 g/mol. The van der Waals surface area contributed by atoms with Gasteiger partial charge in [-0.3, -0.25) is 4.68 Å². The molecule has 38 heavy (non-hydrogen) atoms. The number of ether oxygens (including phenoxy) is 3. The Hall–Kier alpha value is -3.88. The number of nitrogens with one attached hydrogen (secondary N) is 1. The van der Waals surface area contributed by atoms with Crippen LogP contribution in [-0.4, -0.2) is 45.1 Å². The van der Waals surface area contributed by atoms with Crippen LogP contribution >= 0.6 is 0 Å². The second-order valence-electron chi connectivity index (χ2n) is 10.4. The first-order valence-corrected chi connectivity index (χ1v) is 13.1. The fourth-order valence-corrected chi connectivity index (χ4v) is 4.65. The molecule has 9 nitrogen and oxygen atoms in total. The molecule has 0 radical (unpaired) electrons. The zero-order valence-corrected chi connectivity index (χ0v) is 22.7. The number of amides is 1. The third kappa shape index (κ3) is 6.70. The summed E-state index contributed by atoms with van der Waals surface area (Å²) in [6.07, 6.45) is 4.34. The second kappa shape index (κ2) is 11.7. The summed E-state index contributed by atoms with van der Waals surface area (Å²) in [5.74, 6) is 0.792. The molecule has 0 saturated heterocycles. The van der Waals surface area contributed by atoms with Crippen molar-refractivity contribution in [3.8, 4) is 22.9 Å². The van der Waals surface area contributed by atoms with Gasteiger partial charge in [-0.2, -0.15) is 5.10 Å². The Bertz CT molecular complexity index is 1240. The predicted octanol–water partition coefficient (Wildman–Crippen LogP) is 6.23. The van der Waals surface area contributed by atoms with Gasteiger partial charge in [-0.1, -0.05) is 6.07 Å². The van der Waals surface area contributed by atoms with E-state index in [2.05, 4.69) is 10.3 Å². The van der Waals surface area contributed by atoms with E-state index in [1.807, 2.05) is 68.8 Å². The first-order valence-electron chi connectivity index (χ1n) is 13.1. The molecule has 1 aliphatic carbocycles. The number of esters is 1. The fraction of sp³-hybridized carbons (Fsp3) is 0.448. The van der Waals surface area contributed by atoms with E-state index in [1.165, 1.54) is 0 Å². The molecule has 202 valence electrons. The minimum absolute atomic E-state index is 0.0188. The monoisotopic (exact) mass is 520 g/mol. The molecule has 1 aromatic carbocycles. The first kappa shape index (κ1) is 27.2. The quantitative estimate of drug-likeness (QED) is 0.368. The minimum Gasteiger partial charge on any atom is -0.461 e. The fourth-order valence-electron chi connectivity index (χ4n) is 4.65. The summed E-state index contributed by atoms with van der Waals surface area (Å²) in [7, 11) is 0. The van der Waals surface area contributed by atoms with Crippen LogP contribution in [-0.2, 0) is 9.47 Å². The van der Waals surface area contributed by atoms with Crippen LogP contribution in [0, 0.1) is 6.92 Å². The lowest BCUT2D eigenvalue weighted by Crippen LogP contribution is -2.41. The lowest BCUT2D eigenvalue weighted by molar-refractivity contribution is 0.0487. The molecule has 1 amide bonds. The van der Waals surface area contributed by atoms with Gasteiger partial charge in [-0.05, 0) is 90.6 Å². The van der Waals surface area contributed by atoms with Gasteiger partial charge in [-0.15, -0.1) is 0 Å². The van der Waals surface area contributed by atoms with E-state index in [4.69, 9.17) is 19.3 Å². The molecule has 9 heteroatoms. The molecule has 2 heterocycles. The normalized spacial score (nSPS) is 17.5. The lowest BCUT2D eigenvalue weighted by Gasteiger charge is -2.30. The minimum atomic E-state index is -0.540. The summed E-state index contributed by atoms with van der Waals surface area (Å²) < 4.78 is 18.4. The van der Waals surface area contributed by atoms with Crippen molar-refractivity contribution < 1.29 is 23.8 Å². The lowest BCUT2D eigenvalue weighted by atomic mass is 9.91. The maximum absolute atomic E-state index is 13.0. The van der Waals surface area contributed by atoms with Crippen LogP contribution in [0.15, 0.2) is 48.7 Å². The number of carbonyl (C=O) groups is 2. The Labute approximate surface area is 223 Å². The van der Waals surface area contributed by atoms with E-state index in [1.54, 1.807) is 19.2 Å². The average Bonchev–Trinajstić information content (AvgIpc) is 3.21. The molecule has 4 rings (SSSR count). The topological polar surface area (TPSA) is 105 Å². The molecule has 0 unspecified atom stereocenters. The van der Waals surface area contributed by atoms with E-state index in [-0.39, 0.29) is 24.7 Å². The van der Waals surface area contributed by atoms with Crippen molar-refractivity contribution in [1.29, 1.82) is 0 Å². The van der Waals surface area contributed by atoms with Gasteiger partial charge in [0.05, 0.1) is 18.3 Å². The number of hydrogen-bond donors (Lipinski definition) is 1. The molecule has 0 bridgehead atoms. The number of pyridine rings is 1. The van der Waals surface area contributed by atoms with E-state index in [0.717, 1.165) is 42.5 Å². The van der Waals surface area contributed by atoms with E-state index in [9.17, 15) is 9.59 Å². The molecular formula is C29H36N4O5. The molecule has 2 aromatic heterocycles. The van der Waals surface area contributed by atoms with Crippen molar-refractivity contribution in [2.75, 3.05) is 6.61 Å². The third-order valence-corrected chi connectivity index (χ3v) is 6.37. The highest BCUT2D eigenvalue weighted by Crippen LogP contribution is 2.34. The number of aromatic nitrogens is 3. The number of hydrogen-bond acceptors (Lipinski definition) is 7. The largest absolute Gasteiger partial charge is 0.461 e. The van der Waals surface area contributed by atoms with Crippen LogP contribution < -0.4 is 10.1 Å². The highest BCUT2D eigenvalue weighted by atomic mass is 16.6. The standard InChI is InChI=1S/C29H36N4O5/c1-6-36-27(34)26-19(2)25(20-10-16-23(17-11-20)37-24-9-7-8-18-30-24)32-33(26)22-14-12-21(13-15-22)31-28(35)38-29(3,4)5/h7-11,16-18,21-22H,6,12-15H2,1-5H3,(H,31,35). The summed E-state index contributed by atoms with van der Waals surface area (Å²) in [5.41, 5.74) is 2.31. The van der Waals surface area contributed by atoms with Crippen LogP contribution in [0.25, 0.3) is 11.3 Å². The SMILES string of the molecule is CCOC(=O)c1c(C)c(-c2ccc(Oc3ccccn3)cc2)nn1C1CCC(NC(=O)OC(C)(C)C)CC1. The van der Waals surface area contributed by atoms with Crippen molar-refractivity contribution in [2.45, 2.75) is 78.0 Å². The summed E-state index contributed by atoms with van der Waals surface area (Å²) in [6.45, 7) is 9.52. The Balaban J connectivity index is 1.52. The third-order valence-electron chi connectivity index (χ3n) is 6.37. The van der Waals surface area contributed by atoms with Gasteiger partial charge in [0.25, 0.3) is 0 Å². The summed E-state index contributed by atoms with van der Waals surface area (Å²) >= 11 is 0. The molecule has 0 aliphatic heterocycles. The van der Waals surface area contributed by atoms with Gasteiger partial charge < -0.3 is 19.5 Å². The predicted molar refractivity (Wildman–Crippen MR) is 143 cm³/mol. The molecule has 0 spiro atoms. The summed E-state index contributed by atoms with van der Waals surface area (Å²) in [5, 5.41) is 7.88. The van der Waals surface area contributed by atoms with E-state index >= 15 is 0 Å². The number of nitrogens with zero attached hydrogens (tertiary/aromatic N) is 3. The molecule has 3 aromatic rings. The van der Waals surface area contributed by atoms with Crippen LogP contribution in [0.4, 0.5) is 4.79 Å². The number of carbonyl (C=O) groups excluding carboxylic acids is 2. The maximum atomic E-state index is 13.0. The molecule has 0 atom stereocenters. The van der Waals surface area contributed by atoms with E-state index in [0.29, 0.717) is 17.3 Å². The average molecular weight is 521 g/mol. The van der Waals surface area contributed by atoms with Crippen molar-refractivity contribution >= 4 is 12.1 Å². The smallest absolute Gasteiger partial charge is 0.407 e. The summed E-state index contributed by atoms with van der Waals surface area (Å²) in [4.78, 5) is 29.4. The van der Waals surface area contributed by atoms with E-state index < -0.39 is 11.7 Å². The van der Waals surface area contributed by atoms with Crippen molar-refractivity contribution in [3.05, 3.63) is 59.9 Å². The van der Waals surface area contributed by atoms with Crippen molar-refractivity contribution in [3.63, 3.8) is 0 Å². The maximum Gasteiger partial charge on any atom is 0.407 e. The Morgan fingerprint density at radius 1 is 1.05 bits per heavy atom. The van der Waals surface area contributed by atoms with Gasteiger partial charge in [0.1, 0.15) is 17.0 Å². The zero-order chi connectivity index (χ0) is 27.3. The highest BCUT2D eigenvalue weighted by Gasteiger charge is 2.31. The van der Waals surface area contributed by atoms with Gasteiger partial charge in [0, 0.05) is 29.4 Å². The van der Waals surface area contributed by atoms with Gasteiger partial charge in [0.15, 0.2) is 0 Å². The Morgan fingerprint density at radius 2 is 1.76 bits per heavy atom. The van der Waals surface area contributed by atoms with Crippen molar-refractivity contribution in [1.82, 2.24) is 20.1 Å².